The predicted molar refractivity (Wildman–Crippen MR) is 168 cm³/mol. The first-order chi connectivity index (χ1) is 19.8. The molecule has 8 rings (SSSR count). The van der Waals surface area contributed by atoms with Crippen molar-refractivity contribution in [2.75, 3.05) is 0 Å². The van der Waals surface area contributed by atoms with Crippen molar-refractivity contribution in [1.29, 1.82) is 0 Å². The molecule has 40 heavy (non-hydrogen) atoms. The molecule has 0 spiro atoms. The van der Waals surface area contributed by atoms with Crippen LogP contribution in [0.5, 0.6) is 0 Å². The molecule has 0 aliphatic heterocycles. The molecule has 2 nitrogen and oxygen atoms in total. The minimum Gasteiger partial charge on any atom is -0.228 e. The number of nitrogens with zero attached hydrogens (tertiary/aromatic N) is 2. The standard InChI is InChI=1S/C38H24N2/c1-2-12-27(13-3-1)38-39-34(30-20-18-25-10-4-5-14-28(25)22-30)24-35(40-38)37-33-17-9-7-15-29(33)23-31-21-19-26-11-6-8-16-32(26)36(31)37/h1-24H. The van der Waals surface area contributed by atoms with Gasteiger partial charge in [-0.2, -0.15) is 0 Å². The Morgan fingerprint density at radius 3 is 1.82 bits per heavy atom. The summed E-state index contributed by atoms with van der Waals surface area (Å²) in [5.74, 6) is 0.725. The second kappa shape index (κ2) is 9.14. The van der Waals surface area contributed by atoms with Crippen molar-refractivity contribution in [3.63, 3.8) is 0 Å². The summed E-state index contributed by atoms with van der Waals surface area (Å²) in [6.07, 6.45) is 0. The third-order valence-corrected chi connectivity index (χ3v) is 7.81. The molecule has 1 aromatic heterocycles. The van der Waals surface area contributed by atoms with Crippen molar-refractivity contribution < 1.29 is 0 Å². The van der Waals surface area contributed by atoms with Gasteiger partial charge < -0.3 is 0 Å². The number of rotatable bonds is 3. The molecule has 1 heterocycles. The summed E-state index contributed by atoms with van der Waals surface area (Å²) >= 11 is 0. The normalized spacial score (nSPS) is 11.5. The van der Waals surface area contributed by atoms with E-state index in [0.717, 1.165) is 33.9 Å². The van der Waals surface area contributed by atoms with Crippen LogP contribution in [0.15, 0.2) is 146 Å². The summed E-state index contributed by atoms with van der Waals surface area (Å²) in [4.78, 5) is 10.4. The van der Waals surface area contributed by atoms with E-state index in [-0.39, 0.29) is 0 Å². The largest absolute Gasteiger partial charge is 0.228 e. The van der Waals surface area contributed by atoms with Crippen molar-refractivity contribution in [2.24, 2.45) is 0 Å². The summed E-state index contributed by atoms with van der Waals surface area (Å²) in [6.45, 7) is 0. The fraction of sp³-hybridized carbons (Fsp3) is 0. The van der Waals surface area contributed by atoms with Crippen LogP contribution >= 0.6 is 0 Å². The minimum atomic E-state index is 0.725. The molecule has 7 aromatic carbocycles. The molecule has 0 unspecified atom stereocenters. The Morgan fingerprint density at radius 1 is 0.350 bits per heavy atom. The van der Waals surface area contributed by atoms with Crippen LogP contribution in [0.3, 0.4) is 0 Å². The summed E-state index contributed by atoms with van der Waals surface area (Å²) in [6, 6.07) is 51.5. The van der Waals surface area contributed by atoms with Crippen LogP contribution in [-0.2, 0) is 0 Å². The smallest absolute Gasteiger partial charge is 0.160 e. The predicted octanol–water partition coefficient (Wildman–Crippen LogP) is 10.1. The lowest BCUT2D eigenvalue weighted by Crippen LogP contribution is -1.97. The van der Waals surface area contributed by atoms with Gasteiger partial charge in [0, 0.05) is 16.7 Å². The average Bonchev–Trinajstić information content (AvgIpc) is 3.03. The molecule has 0 amide bonds. The van der Waals surface area contributed by atoms with Gasteiger partial charge in [-0.25, -0.2) is 9.97 Å². The van der Waals surface area contributed by atoms with E-state index in [9.17, 15) is 0 Å². The number of benzene rings is 7. The van der Waals surface area contributed by atoms with Gasteiger partial charge in [-0.15, -0.1) is 0 Å². The summed E-state index contributed by atoms with van der Waals surface area (Å²) in [7, 11) is 0. The Morgan fingerprint density at radius 2 is 0.975 bits per heavy atom. The van der Waals surface area contributed by atoms with Gasteiger partial charge in [0.05, 0.1) is 11.4 Å². The summed E-state index contributed by atoms with van der Waals surface area (Å²) < 4.78 is 0. The molecule has 0 radical (unpaired) electrons. The quantitative estimate of drug-likeness (QED) is 0.175. The van der Waals surface area contributed by atoms with Gasteiger partial charge in [-0.05, 0) is 61.3 Å². The number of hydrogen-bond acceptors (Lipinski definition) is 2. The number of hydrogen-bond donors (Lipinski definition) is 0. The van der Waals surface area contributed by atoms with Gasteiger partial charge >= 0.3 is 0 Å². The third kappa shape index (κ3) is 3.73. The van der Waals surface area contributed by atoms with E-state index in [0.29, 0.717) is 0 Å². The van der Waals surface area contributed by atoms with Gasteiger partial charge in [0.15, 0.2) is 5.82 Å². The Bertz CT molecular complexity index is 2210. The van der Waals surface area contributed by atoms with Crippen molar-refractivity contribution in [2.45, 2.75) is 0 Å². The highest BCUT2D eigenvalue weighted by atomic mass is 14.9. The number of fused-ring (bicyclic) bond motifs is 5. The molecule has 0 aliphatic carbocycles. The highest BCUT2D eigenvalue weighted by Gasteiger charge is 2.17. The first-order valence-electron chi connectivity index (χ1n) is 13.6. The zero-order valence-corrected chi connectivity index (χ0v) is 21.8. The van der Waals surface area contributed by atoms with E-state index in [4.69, 9.17) is 9.97 Å². The minimum absolute atomic E-state index is 0.725. The van der Waals surface area contributed by atoms with Gasteiger partial charge in [0.2, 0.25) is 0 Å². The van der Waals surface area contributed by atoms with E-state index < -0.39 is 0 Å². The summed E-state index contributed by atoms with van der Waals surface area (Å²) in [5.41, 5.74) is 5.06. The molecule has 0 atom stereocenters. The Balaban J connectivity index is 1.50. The maximum absolute atomic E-state index is 5.26. The first kappa shape index (κ1) is 22.6. The molecule has 186 valence electrons. The molecule has 2 heteroatoms. The van der Waals surface area contributed by atoms with Crippen LogP contribution in [0.2, 0.25) is 0 Å². The second-order valence-corrected chi connectivity index (χ2v) is 10.2. The highest BCUT2D eigenvalue weighted by Crippen LogP contribution is 2.41. The van der Waals surface area contributed by atoms with Crippen LogP contribution in [0.4, 0.5) is 0 Å². The molecule has 8 aromatic rings. The van der Waals surface area contributed by atoms with Crippen molar-refractivity contribution in [3.05, 3.63) is 146 Å². The first-order valence-corrected chi connectivity index (χ1v) is 13.6. The lowest BCUT2D eigenvalue weighted by atomic mass is 9.90. The van der Waals surface area contributed by atoms with Crippen LogP contribution < -0.4 is 0 Å². The summed E-state index contributed by atoms with van der Waals surface area (Å²) in [5, 5.41) is 9.68. The fourth-order valence-corrected chi connectivity index (χ4v) is 5.89. The molecule has 0 bridgehead atoms. The van der Waals surface area contributed by atoms with Crippen LogP contribution in [0, 0.1) is 0 Å². The Hall–Kier alpha value is -5.34. The second-order valence-electron chi connectivity index (χ2n) is 10.2. The lowest BCUT2D eigenvalue weighted by molar-refractivity contribution is 1.19. The average molecular weight is 509 g/mol. The van der Waals surface area contributed by atoms with Gasteiger partial charge in [-0.3, -0.25) is 0 Å². The zero-order chi connectivity index (χ0) is 26.5. The molecule has 0 aliphatic rings. The molecule has 0 saturated heterocycles. The highest BCUT2D eigenvalue weighted by molar-refractivity contribution is 6.21. The fourth-order valence-electron chi connectivity index (χ4n) is 5.89. The molecule has 0 fully saturated rings. The van der Waals surface area contributed by atoms with E-state index in [2.05, 4.69) is 127 Å². The van der Waals surface area contributed by atoms with Gasteiger partial charge in [0.25, 0.3) is 0 Å². The van der Waals surface area contributed by atoms with E-state index in [1.807, 2.05) is 18.2 Å². The maximum atomic E-state index is 5.26. The molecule has 0 N–H and O–H groups in total. The zero-order valence-electron chi connectivity index (χ0n) is 21.8. The van der Waals surface area contributed by atoms with E-state index in [1.165, 1.54) is 43.1 Å². The third-order valence-electron chi connectivity index (χ3n) is 7.81. The molecular weight excluding hydrogens is 484 g/mol. The van der Waals surface area contributed by atoms with Crippen LogP contribution in [0.1, 0.15) is 0 Å². The molecular formula is C38H24N2. The Kier molecular flexibility index (Phi) is 5.17. The van der Waals surface area contributed by atoms with Crippen molar-refractivity contribution in [3.8, 4) is 33.9 Å². The monoisotopic (exact) mass is 508 g/mol. The van der Waals surface area contributed by atoms with E-state index in [1.54, 1.807) is 0 Å². The van der Waals surface area contributed by atoms with Crippen molar-refractivity contribution in [1.82, 2.24) is 9.97 Å². The van der Waals surface area contributed by atoms with Crippen LogP contribution in [-0.4, -0.2) is 9.97 Å². The van der Waals surface area contributed by atoms with Crippen LogP contribution in [0.25, 0.3) is 77.0 Å². The van der Waals surface area contributed by atoms with Crippen molar-refractivity contribution >= 4 is 43.1 Å². The van der Waals surface area contributed by atoms with E-state index >= 15 is 0 Å². The maximum Gasteiger partial charge on any atom is 0.160 e. The SMILES string of the molecule is c1ccc(-c2nc(-c3ccc4ccccc4c3)cc(-c3c4ccccc4cc4ccc5ccccc5c34)n2)cc1. The topological polar surface area (TPSA) is 25.8 Å². The van der Waals surface area contributed by atoms with Gasteiger partial charge in [-0.1, -0.05) is 127 Å². The molecule has 0 saturated carbocycles. The number of aromatic nitrogens is 2. The lowest BCUT2D eigenvalue weighted by Gasteiger charge is -2.16. The van der Waals surface area contributed by atoms with Gasteiger partial charge in [0.1, 0.15) is 0 Å². The Labute approximate surface area is 232 Å².